The van der Waals surface area contributed by atoms with Crippen LogP contribution in [-0.4, -0.2) is 16.1 Å². The fraction of sp³-hybridized carbons (Fsp3) is 0.643. The lowest BCUT2D eigenvalue weighted by Crippen LogP contribution is -2.17. The Morgan fingerprint density at radius 2 is 2.41 bits per heavy atom. The number of hydrogen-bond donors (Lipinski definition) is 1. The summed E-state index contributed by atoms with van der Waals surface area (Å²) in [7, 11) is 0. The molecule has 3 nitrogen and oxygen atoms in total. The fourth-order valence-electron chi connectivity index (χ4n) is 3.07. The molecule has 1 saturated carbocycles. The molecule has 2 rings (SSSR count). The van der Waals surface area contributed by atoms with Crippen molar-refractivity contribution in [1.29, 1.82) is 0 Å². The van der Waals surface area contributed by atoms with Gasteiger partial charge in [-0.2, -0.15) is 0 Å². The lowest BCUT2D eigenvalue weighted by Gasteiger charge is -2.22. The van der Waals surface area contributed by atoms with E-state index >= 15 is 0 Å². The molecular formula is C14H23N3. The molecule has 0 bridgehead atoms. The van der Waals surface area contributed by atoms with Crippen molar-refractivity contribution in [1.82, 2.24) is 9.55 Å². The van der Waals surface area contributed by atoms with Gasteiger partial charge in [0.05, 0.1) is 0 Å². The van der Waals surface area contributed by atoms with Crippen molar-refractivity contribution >= 4 is 5.95 Å². The first-order valence-electron chi connectivity index (χ1n) is 6.65. The molecule has 1 aliphatic carbocycles. The molecule has 0 saturated heterocycles. The van der Waals surface area contributed by atoms with Crippen molar-refractivity contribution < 1.29 is 0 Å². The van der Waals surface area contributed by atoms with Crippen LogP contribution < -0.4 is 5.32 Å². The van der Waals surface area contributed by atoms with Crippen LogP contribution >= 0.6 is 0 Å². The van der Waals surface area contributed by atoms with Crippen molar-refractivity contribution in [2.45, 2.75) is 39.2 Å². The maximum absolute atomic E-state index is 4.39. The molecule has 1 aliphatic rings. The van der Waals surface area contributed by atoms with Crippen LogP contribution in [0.5, 0.6) is 0 Å². The molecule has 0 amide bonds. The van der Waals surface area contributed by atoms with Gasteiger partial charge in [0.25, 0.3) is 0 Å². The maximum atomic E-state index is 4.39. The Kier molecular flexibility index (Phi) is 3.87. The summed E-state index contributed by atoms with van der Waals surface area (Å²) in [4.78, 5) is 4.39. The molecule has 0 aromatic carbocycles. The van der Waals surface area contributed by atoms with Gasteiger partial charge >= 0.3 is 0 Å². The standard InChI is InChI=1S/C14H23N3/c1-4-8-15-14-16-9-10-17(14)13-7-6-12(5-2)11(13)3/h4,9-13H,1,5-8H2,2-3H3,(H,15,16). The molecule has 0 spiro atoms. The third kappa shape index (κ3) is 2.38. The molecule has 1 aromatic heterocycles. The predicted molar refractivity (Wildman–Crippen MR) is 72.1 cm³/mol. The Morgan fingerprint density at radius 1 is 1.59 bits per heavy atom. The molecule has 3 atom stereocenters. The molecule has 0 radical (unpaired) electrons. The van der Waals surface area contributed by atoms with Crippen molar-refractivity contribution in [3.63, 3.8) is 0 Å². The zero-order valence-electron chi connectivity index (χ0n) is 10.9. The molecule has 1 N–H and O–H groups in total. The summed E-state index contributed by atoms with van der Waals surface area (Å²) in [6, 6.07) is 0.606. The number of rotatable bonds is 5. The minimum atomic E-state index is 0.606. The molecule has 3 heteroatoms. The molecule has 1 heterocycles. The van der Waals surface area contributed by atoms with Gasteiger partial charge in [-0.15, -0.1) is 6.58 Å². The molecule has 1 fully saturated rings. The highest BCUT2D eigenvalue weighted by molar-refractivity contribution is 5.28. The third-order valence-corrected chi connectivity index (χ3v) is 4.14. The van der Waals surface area contributed by atoms with Crippen molar-refractivity contribution in [3.8, 4) is 0 Å². The van der Waals surface area contributed by atoms with Crippen molar-refractivity contribution in [2.24, 2.45) is 11.8 Å². The SMILES string of the molecule is C=CCNc1nccn1C1CCC(CC)C1C. The number of imidazole rings is 1. The molecular weight excluding hydrogens is 210 g/mol. The van der Waals surface area contributed by atoms with E-state index in [0.29, 0.717) is 6.04 Å². The monoisotopic (exact) mass is 233 g/mol. The zero-order valence-corrected chi connectivity index (χ0v) is 10.9. The predicted octanol–water partition coefficient (Wildman–Crippen LogP) is 3.48. The first-order valence-corrected chi connectivity index (χ1v) is 6.65. The van der Waals surface area contributed by atoms with E-state index in [2.05, 4.69) is 41.5 Å². The number of nitrogens with zero attached hydrogens (tertiary/aromatic N) is 2. The van der Waals surface area contributed by atoms with Gasteiger partial charge in [0.1, 0.15) is 0 Å². The molecule has 1 aromatic rings. The van der Waals surface area contributed by atoms with E-state index in [1.165, 1.54) is 19.3 Å². The average Bonchev–Trinajstić information content (AvgIpc) is 2.92. The van der Waals surface area contributed by atoms with Crippen LogP contribution in [0.2, 0.25) is 0 Å². The number of anilines is 1. The highest BCUT2D eigenvalue weighted by Gasteiger charge is 2.33. The Morgan fingerprint density at radius 3 is 3.06 bits per heavy atom. The lowest BCUT2D eigenvalue weighted by atomic mass is 9.93. The van der Waals surface area contributed by atoms with E-state index < -0.39 is 0 Å². The Labute approximate surface area is 104 Å². The summed E-state index contributed by atoms with van der Waals surface area (Å²) in [5, 5.41) is 3.31. The first-order chi connectivity index (χ1) is 8.27. The second-order valence-electron chi connectivity index (χ2n) is 5.00. The molecule has 0 aliphatic heterocycles. The summed E-state index contributed by atoms with van der Waals surface area (Å²) < 4.78 is 2.31. The Balaban J connectivity index is 2.12. The van der Waals surface area contributed by atoms with Crippen LogP contribution in [0.15, 0.2) is 25.0 Å². The van der Waals surface area contributed by atoms with Crippen LogP contribution in [0.1, 0.15) is 39.2 Å². The average molecular weight is 233 g/mol. The summed E-state index contributed by atoms with van der Waals surface area (Å²) in [5.41, 5.74) is 0. The van der Waals surface area contributed by atoms with Crippen molar-refractivity contribution in [3.05, 3.63) is 25.0 Å². The second kappa shape index (κ2) is 5.39. The highest BCUT2D eigenvalue weighted by atomic mass is 15.2. The number of aromatic nitrogens is 2. The van der Waals surface area contributed by atoms with Crippen molar-refractivity contribution in [2.75, 3.05) is 11.9 Å². The van der Waals surface area contributed by atoms with Crippen LogP contribution in [0, 0.1) is 11.8 Å². The minimum Gasteiger partial charge on any atom is -0.352 e. The van der Waals surface area contributed by atoms with Gasteiger partial charge in [0.2, 0.25) is 5.95 Å². The van der Waals surface area contributed by atoms with Gasteiger partial charge in [-0.3, -0.25) is 0 Å². The van der Waals surface area contributed by atoms with E-state index in [1.807, 2.05) is 12.3 Å². The van der Waals surface area contributed by atoms with Gasteiger partial charge in [-0.25, -0.2) is 4.98 Å². The van der Waals surface area contributed by atoms with E-state index in [9.17, 15) is 0 Å². The summed E-state index contributed by atoms with van der Waals surface area (Å²) in [5.74, 6) is 2.60. The van der Waals surface area contributed by atoms with Gasteiger partial charge in [-0.1, -0.05) is 26.3 Å². The lowest BCUT2D eigenvalue weighted by molar-refractivity contribution is 0.331. The van der Waals surface area contributed by atoms with E-state index in [-0.39, 0.29) is 0 Å². The van der Waals surface area contributed by atoms with Crippen LogP contribution in [0.25, 0.3) is 0 Å². The maximum Gasteiger partial charge on any atom is 0.203 e. The molecule has 3 unspecified atom stereocenters. The minimum absolute atomic E-state index is 0.606. The van der Waals surface area contributed by atoms with Gasteiger partial charge in [0, 0.05) is 25.0 Å². The molecule has 17 heavy (non-hydrogen) atoms. The van der Waals surface area contributed by atoms with Gasteiger partial charge in [0.15, 0.2) is 0 Å². The van der Waals surface area contributed by atoms with Gasteiger partial charge < -0.3 is 9.88 Å². The topological polar surface area (TPSA) is 29.9 Å². The molecule has 94 valence electrons. The van der Waals surface area contributed by atoms with Crippen LogP contribution in [0.4, 0.5) is 5.95 Å². The fourth-order valence-corrected chi connectivity index (χ4v) is 3.07. The Hall–Kier alpha value is -1.25. The third-order valence-electron chi connectivity index (χ3n) is 4.14. The normalized spacial score (nSPS) is 28.2. The quantitative estimate of drug-likeness (QED) is 0.789. The van der Waals surface area contributed by atoms with E-state index in [1.54, 1.807) is 0 Å². The van der Waals surface area contributed by atoms with Crippen LogP contribution in [-0.2, 0) is 0 Å². The number of nitrogens with one attached hydrogen (secondary N) is 1. The van der Waals surface area contributed by atoms with Gasteiger partial charge in [-0.05, 0) is 24.7 Å². The number of hydrogen-bond acceptors (Lipinski definition) is 2. The highest BCUT2D eigenvalue weighted by Crippen LogP contribution is 2.42. The summed E-state index contributed by atoms with van der Waals surface area (Å²) in [6.45, 7) is 9.18. The summed E-state index contributed by atoms with van der Waals surface area (Å²) >= 11 is 0. The van der Waals surface area contributed by atoms with E-state index in [4.69, 9.17) is 0 Å². The smallest absolute Gasteiger partial charge is 0.203 e. The zero-order chi connectivity index (χ0) is 12.3. The van der Waals surface area contributed by atoms with Crippen LogP contribution in [0.3, 0.4) is 0 Å². The largest absolute Gasteiger partial charge is 0.352 e. The van der Waals surface area contributed by atoms with E-state index in [0.717, 1.165) is 24.3 Å². The summed E-state index contributed by atoms with van der Waals surface area (Å²) in [6.07, 6.45) is 9.77. The first kappa shape index (κ1) is 12.2. The Bertz CT molecular complexity index is 369. The second-order valence-corrected chi connectivity index (χ2v) is 5.00.